The van der Waals surface area contributed by atoms with E-state index in [2.05, 4.69) is 0 Å². The van der Waals surface area contributed by atoms with Crippen molar-refractivity contribution in [1.82, 2.24) is 4.90 Å². The minimum absolute atomic E-state index is 0.124. The minimum Gasteiger partial charge on any atom is -0.444 e. The van der Waals surface area contributed by atoms with Crippen molar-refractivity contribution in [2.45, 2.75) is 83.0 Å². The molecular weight excluding hydrogens is 252 g/mol. The Balaban J connectivity index is 1.76. The maximum atomic E-state index is 12.5. The van der Waals surface area contributed by atoms with Crippen LogP contribution in [0.3, 0.4) is 0 Å². The first kappa shape index (κ1) is 14.2. The largest absolute Gasteiger partial charge is 0.444 e. The third-order valence-corrected chi connectivity index (χ3v) is 5.33. The van der Waals surface area contributed by atoms with Gasteiger partial charge in [0.2, 0.25) is 0 Å². The van der Waals surface area contributed by atoms with Crippen LogP contribution in [0.4, 0.5) is 4.79 Å². The molecular formula is C16H28N2O2. The fraction of sp³-hybridized carbons (Fsp3) is 0.938. The van der Waals surface area contributed by atoms with Gasteiger partial charge in [-0.3, -0.25) is 0 Å². The van der Waals surface area contributed by atoms with Gasteiger partial charge in [-0.2, -0.15) is 0 Å². The first-order valence-corrected chi connectivity index (χ1v) is 8.14. The summed E-state index contributed by atoms with van der Waals surface area (Å²) >= 11 is 0. The number of piperidine rings is 1. The average molecular weight is 280 g/mol. The molecule has 2 aliphatic heterocycles. The first-order chi connectivity index (χ1) is 9.37. The highest BCUT2D eigenvalue weighted by atomic mass is 16.6. The molecule has 1 saturated carbocycles. The van der Waals surface area contributed by atoms with E-state index in [-0.39, 0.29) is 12.1 Å². The molecule has 0 aromatic carbocycles. The molecule has 0 aromatic heterocycles. The van der Waals surface area contributed by atoms with Crippen molar-refractivity contribution in [2.24, 2.45) is 17.6 Å². The van der Waals surface area contributed by atoms with Gasteiger partial charge in [0.05, 0.1) is 0 Å². The lowest BCUT2D eigenvalue weighted by atomic mass is 9.68. The molecule has 2 N–H and O–H groups in total. The van der Waals surface area contributed by atoms with E-state index in [0.717, 1.165) is 25.2 Å². The van der Waals surface area contributed by atoms with Crippen molar-refractivity contribution in [1.29, 1.82) is 0 Å². The monoisotopic (exact) mass is 280 g/mol. The molecule has 4 atom stereocenters. The molecule has 2 bridgehead atoms. The summed E-state index contributed by atoms with van der Waals surface area (Å²) in [6.45, 7) is 5.81. The van der Waals surface area contributed by atoms with Crippen LogP contribution in [0.25, 0.3) is 0 Å². The molecule has 1 aliphatic carbocycles. The van der Waals surface area contributed by atoms with Gasteiger partial charge >= 0.3 is 6.09 Å². The summed E-state index contributed by atoms with van der Waals surface area (Å²) < 4.78 is 5.62. The van der Waals surface area contributed by atoms with E-state index in [1.54, 1.807) is 0 Å². The average Bonchev–Trinajstić information content (AvgIpc) is 2.56. The lowest BCUT2D eigenvalue weighted by Crippen LogP contribution is -2.59. The van der Waals surface area contributed by atoms with Crippen LogP contribution in [0, 0.1) is 11.8 Å². The molecule has 2 saturated heterocycles. The van der Waals surface area contributed by atoms with E-state index >= 15 is 0 Å². The predicted molar refractivity (Wildman–Crippen MR) is 78.3 cm³/mol. The Hall–Kier alpha value is -0.770. The van der Waals surface area contributed by atoms with Crippen LogP contribution in [-0.4, -0.2) is 34.7 Å². The lowest BCUT2D eigenvalue weighted by Gasteiger charge is -2.48. The topological polar surface area (TPSA) is 55.6 Å². The Morgan fingerprint density at radius 3 is 2.45 bits per heavy atom. The van der Waals surface area contributed by atoms with Crippen molar-refractivity contribution >= 4 is 6.09 Å². The fourth-order valence-electron chi connectivity index (χ4n) is 4.37. The minimum atomic E-state index is -0.415. The number of fused-ring (bicyclic) bond motifs is 2. The number of ether oxygens (including phenoxy) is 1. The zero-order valence-corrected chi connectivity index (χ0v) is 13.0. The van der Waals surface area contributed by atoms with Gasteiger partial charge in [0.15, 0.2) is 0 Å². The second kappa shape index (κ2) is 4.90. The number of rotatable bonds is 1. The Morgan fingerprint density at radius 2 is 1.90 bits per heavy atom. The Kier molecular flexibility index (Phi) is 3.47. The quantitative estimate of drug-likeness (QED) is 0.803. The molecule has 4 unspecified atom stereocenters. The summed E-state index contributed by atoms with van der Waals surface area (Å²) in [6, 6.07) is 0.904. The van der Waals surface area contributed by atoms with Crippen LogP contribution in [-0.2, 0) is 4.74 Å². The molecule has 4 heteroatoms. The van der Waals surface area contributed by atoms with Crippen LogP contribution < -0.4 is 5.73 Å². The van der Waals surface area contributed by atoms with E-state index in [9.17, 15) is 4.79 Å². The number of hydrogen-bond donors (Lipinski definition) is 1. The number of hydrogen-bond acceptors (Lipinski definition) is 3. The third kappa shape index (κ3) is 2.43. The highest BCUT2D eigenvalue weighted by Gasteiger charge is 2.52. The number of nitrogens with two attached hydrogens (primary N) is 1. The van der Waals surface area contributed by atoms with E-state index < -0.39 is 5.60 Å². The van der Waals surface area contributed by atoms with Gasteiger partial charge in [0.25, 0.3) is 0 Å². The van der Waals surface area contributed by atoms with E-state index in [4.69, 9.17) is 10.5 Å². The maximum absolute atomic E-state index is 12.5. The standard InChI is InChI=1S/C16H28N2O2/c1-16(2,3)20-15(19)18-11-7-8-13(18)14(12(17)9-11)10-5-4-6-10/h10-14H,4-9,17H2,1-3H3. The second-order valence-corrected chi connectivity index (χ2v) is 7.85. The van der Waals surface area contributed by atoms with Crippen LogP contribution >= 0.6 is 0 Å². The van der Waals surface area contributed by atoms with Crippen molar-refractivity contribution < 1.29 is 9.53 Å². The molecule has 3 rings (SSSR count). The molecule has 114 valence electrons. The molecule has 20 heavy (non-hydrogen) atoms. The lowest BCUT2D eigenvalue weighted by molar-refractivity contribution is -0.0195. The Morgan fingerprint density at radius 1 is 1.20 bits per heavy atom. The van der Waals surface area contributed by atoms with Gasteiger partial charge in [-0.1, -0.05) is 19.3 Å². The van der Waals surface area contributed by atoms with Crippen LogP contribution in [0.15, 0.2) is 0 Å². The third-order valence-electron chi connectivity index (χ3n) is 5.33. The Bertz CT molecular complexity index is 386. The van der Waals surface area contributed by atoms with Gasteiger partial charge in [-0.05, 0) is 51.9 Å². The maximum Gasteiger partial charge on any atom is 0.410 e. The normalized spacial score (nSPS) is 37.7. The highest BCUT2D eigenvalue weighted by molar-refractivity contribution is 5.69. The number of nitrogens with zero attached hydrogens (tertiary/aromatic N) is 1. The van der Waals surface area contributed by atoms with Crippen LogP contribution in [0.5, 0.6) is 0 Å². The van der Waals surface area contributed by atoms with E-state index in [0.29, 0.717) is 18.0 Å². The van der Waals surface area contributed by atoms with Crippen molar-refractivity contribution in [3.05, 3.63) is 0 Å². The summed E-state index contributed by atoms with van der Waals surface area (Å²) in [7, 11) is 0. The molecule has 2 heterocycles. The molecule has 4 nitrogen and oxygen atoms in total. The summed E-state index contributed by atoms with van der Waals surface area (Å²) in [6.07, 6.45) is 6.96. The van der Waals surface area contributed by atoms with Crippen LogP contribution in [0.2, 0.25) is 0 Å². The first-order valence-electron chi connectivity index (χ1n) is 8.14. The second-order valence-electron chi connectivity index (χ2n) is 7.85. The zero-order chi connectivity index (χ0) is 14.5. The predicted octanol–water partition coefficient (Wildman–Crippen LogP) is 2.90. The molecule has 3 aliphatic rings. The fourth-order valence-corrected chi connectivity index (χ4v) is 4.37. The zero-order valence-electron chi connectivity index (χ0n) is 13.0. The van der Waals surface area contributed by atoms with Gasteiger partial charge in [0, 0.05) is 18.1 Å². The molecule has 3 fully saturated rings. The molecule has 0 aromatic rings. The van der Waals surface area contributed by atoms with Gasteiger partial charge < -0.3 is 15.4 Å². The summed E-state index contributed by atoms with van der Waals surface area (Å²) in [5, 5.41) is 0. The molecule has 1 amide bonds. The molecule has 0 spiro atoms. The summed E-state index contributed by atoms with van der Waals surface area (Å²) in [5.74, 6) is 1.23. The highest BCUT2D eigenvalue weighted by Crippen LogP contribution is 2.47. The number of carbonyl (C=O) groups excluding carboxylic acids is 1. The van der Waals surface area contributed by atoms with Crippen molar-refractivity contribution in [3.8, 4) is 0 Å². The van der Waals surface area contributed by atoms with Gasteiger partial charge in [-0.25, -0.2) is 4.79 Å². The van der Waals surface area contributed by atoms with Crippen LogP contribution in [0.1, 0.15) is 59.3 Å². The van der Waals surface area contributed by atoms with Crippen molar-refractivity contribution in [3.63, 3.8) is 0 Å². The van der Waals surface area contributed by atoms with E-state index in [1.807, 2.05) is 25.7 Å². The summed E-state index contributed by atoms with van der Waals surface area (Å²) in [5.41, 5.74) is 6.01. The van der Waals surface area contributed by atoms with Gasteiger partial charge in [-0.15, -0.1) is 0 Å². The number of amides is 1. The Labute approximate surface area is 122 Å². The summed E-state index contributed by atoms with van der Waals surface area (Å²) in [4.78, 5) is 14.6. The number of carbonyl (C=O) groups is 1. The SMILES string of the molecule is CC(C)(C)OC(=O)N1C2CCC1C(C1CCC1)C(N)C2. The smallest absolute Gasteiger partial charge is 0.410 e. The molecule has 0 radical (unpaired) electrons. The van der Waals surface area contributed by atoms with Crippen molar-refractivity contribution in [2.75, 3.05) is 0 Å². The van der Waals surface area contributed by atoms with E-state index in [1.165, 1.54) is 19.3 Å². The van der Waals surface area contributed by atoms with Gasteiger partial charge in [0.1, 0.15) is 5.60 Å².